The Kier molecular flexibility index (Phi) is 3.02. The summed E-state index contributed by atoms with van der Waals surface area (Å²) in [4.78, 5) is 0. The number of hydrogen-bond donors (Lipinski definition) is 1. The molecule has 0 atom stereocenters. The summed E-state index contributed by atoms with van der Waals surface area (Å²) in [6.07, 6.45) is 0. The van der Waals surface area contributed by atoms with Crippen molar-refractivity contribution in [3.05, 3.63) is 0 Å². The minimum absolute atomic E-state index is 0.171. The maximum absolute atomic E-state index is 5.60. The first-order chi connectivity index (χ1) is 3.56. The predicted molar refractivity (Wildman–Crippen MR) is 34.8 cm³/mol. The Bertz CT molecular complexity index is 56.0. The van der Waals surface area contributed by atoms with Gasteiger partial charge in [-0.3, -0.25) is 0 Å². The molecule has 0 aliphatic carbocycles. The van der Waals surface area contributed by atoms with Crippen molar-refractivity contribution in [1.82, 2.24) is 0 Å². The van der Waals surface area contributed by atoms with Gasteiger partial charge < -0.3 is 10.5 Å². The molecule has 2 heteroatoms. The van der Waals surface area contributed by atoms with Crippen molar-refractivity contribution in [2.24, 2.45) is 5.73 Å². The molecule has 0 aromatic rings. The molecule has 0 aromatic heterocycles. The van der Waals surface area contributed by atoms with Crippen molar-refractivity contribution in [1.29, 1.82) is 0 Å². The van der Waals surface area contributed by atoms with Crippen LogP contribution in [0.5, 0.6) is 0 Å². The molecule has 0 heterocycles. The van der Waals surface area contributed by atoms with Crippen LogP contribution in [0, 0.1) is 0 Å². The van der Waals surface area contributed by atoms with Crippen LogP contribution in [-0.4, -0.2) is 18.8 Å². The van der Waals surface area contributed by atoms with Crippen LogP contribution in [0.15, 0.2) is 0 Å². The standard InChI is InChI=1S/C6H15NO/c1-4-8-5-6(2,3)7/h4-5,7H2,1-3H3. The van der Waals surface area contributed by atoms with E-state index in [0.29, 0.717) is 6.61 Å². The number of ether oxygens (including phenoxy) is 1. The van der Waals surface area contributed by atoms with E-state index in [9.17, 15) is 0 Å². The van der Waals surface area contributed by atoms with Crippen molar-refractivity contribution in [2.45, 2.75) is 26.3 Å². The fourth-order valence-electron chi connectivity index (χ4n) is 0.365. The van der Waals surface area contributed by atoms with E-state index in [-0.39, 0.29) is 5.54 Å². The quantitative estimate of drug-likeness (QED) is 0.592. The topological polar surface area (TPSA) is 35.2 Å². The molecule has 0 radical (unpaired) electrons. The molecule has 0 bridgehead atoms. The van der Waals surface area contributed by atoms with Crippen LogP contribution in [-0.2, 0) is 4.74 Å². The van der Waals surface area contributed by atoms with Crippen LogP contribution in [0.2, 0.25) is 0 Å². The molecule has 2 N–H and O–H groups in total. The molecule has 0 saturated carbocycles. The first kappa shape index (κ1) is 7.92. The molecule has 0 saturated heterocycles. The average molecular weight is 117 g/mol. The summed E-state index contributed by atoms with van der Waals surface area (Å²) in [5.41, 5.74) is 5.43. The fourth-order valence-corrected chi connectivity index (χ4v) is 0.365. The highest BCUT2D eigenvalue weighted by molar-refractivity contribution is 4.69. The molecule has 50 valence electrons. The van der Waals surface area contributed by atoms with E-state index in [1.54, 1.807) is 0 Å². The van der Waals surface area contributed by atoms with Crippen molar-refractivity contribution in [3.63, 3.8) is 0 Å². The van der Waals surface area contributed by atoms with Gasteiger partial charge in [0.05, 0.1) is 6.61 Å². The molecular weight excluding hydrogens is 102 g/mol. The van der Waals surface area contributed by atoms with Gasteiger partial charge >= 0.3 is 0 Å². The molecule has 2 nitrogen and oxygen atoms in total. The second-order valence-electron chi connectivity index (χ2n) is 2.63. The van der Waals surface area contributed by atoms with Crippen LogP contribution in [0.4, 0.5) is 0 Å². The Hall–Kier alpha value is -0.0800. The fraction of sp³-hybridized carbons (Fsp3) is 1.00. The molecule has 0 aliphatic heterocycles. The van der Waals surface area contributed by atoms with Crippen molar-refractivity contribution in [3.8, 4) is 0 Å². The molecule has 0 amide bonds. The first-order valence-electron chi connectivity index (χ1n) is 2.93. The summed E-state index contributed by atoms with van der Waals surface area (Å²) in [5.74, 6) is 0. The van der Waals surface area contributed by atoms with Gasteiger partial charge in [0, 0.05) is 12.1 Å². The minimum atomic E-state index is -0.171. The third kappa shape index (κ3) is 5.92. The van der Waals surface area contributed by atoms with Crippen LogP contribution >= 0.6 is 0 Å². The summed E-state index contributed by atoms with van der Waals surface area (Å²) < 4.78 is 5.07. The van der Waals surface area contributed by atoms with E-state index >= 15 is 0 Å². The third-order valence-corrected chi connectivity index (χ3v) is 0.678. The zero-order valence-electron chi connectivity index (χ0n) is 5.90. The molecule has 0 rings (SSSR count). The van der Waals surface area contributed by atoms with E-state index < -0.39 is 0 Å². The lowest BCUT2D eigenvalue weighted by Crippen LogP contribution is -2.37. The van der Waals surface area contributed by atoms with Crippen molar-refractivity contribution in [2.75, 3.05) is 13.2 Å². The average Bonchev–Trinajstić information content (AvgIpc) is 1.59. The molecule has 0 aliphatic rings. The first-order valence-corrected chi connectivity index (χ1v) is 2.93. The monoisotopic (exact) mass is 117 g/mol. The largest absolute Gasteiger partial charge is 0.380 e. The van der Waals surface area contributed by atoms with Crippen molar-refractivity contribution >= 4 is 0 Å². The molecular formula is C6H15NO. The highest BCUT2D eigenvalue weighted by Crippen LogP contribution is 1.95. The SMILES string of the molecule is CCOCC(C)(C)N. The van der Waals surface area contributed by atoms with Gasteiger partial charge in [-0.15, -0.1) is 0 Å². The lowest BCUT2D eigenvalue weighted by molar-refractivity contribution is 0.108. The Morgan fingerprint density at radius 2 is 2.00 bits per heavy atom. The Labute approximate surface area is 51.0 Å². The van der Waals surface area contributed by atoms with Crippen LogP contribution in [0.1, 0.15) is 20.8 Å². The molecule has 0 unspecified atom stereocenters. The smallest absolute Gasteiger partial charge is 0.0640 e. The van der Waals surface area contributed by atoms with Gasteiger partial charge in [-0.1, -0.05) is 0 Å². The van der Waals surface area contributed by atoms with Crippen molar-refractivity contribution < 1.29 is 4.74 Å². The molecule has 8 heavy (non-hydrogen) atoms. The van der Waals surface area contributed by atoms with Gasteiger partial charge in [0.15, 0.2) is 0 Å². The predicted octanol–water partition coefficient (Wildman–Crippen LogP) is 0.760. The number of hydrogen-bond acceptors (Lipinski definition) is 2. The summed E-state index contributed by atoms with van der Waals surface area (Å²) in [6, 6.07) is 0. The van der Waals surface area contributed by atoms with E-state index in [2.05, 4.69) is 0 Å². The zero-order valence-corrected chi connectivity index (χ0v) is 5.90. The number of rotatable bonds is 3. The Morgan fingerprint density at radius 3 is 2.12 bits per heavy atom. The summed E-state index contributed by atoms with van der Waals surface area (Å²) in [6.45, 7) is 7.25. The Balaban J connectivity index is 3.11. The second kappa shape index (κ2) is 3.05. The van der Waals surface area contributed by atoms with E-state index in [1.807, 2.05) is 20.8 Å². The van der Waals surface area contributed by atoms with E-state index in [0.717, 1.165) is 6.61 Å². The van der Waals surface area contributed by atoms with E-state index in [1.165, 1.54) is 0 Å². The van der Waals surface area contributed by atoms with Gasteiger partial charge in [0.1, 0.15) is 0 Å². The third-order valence-electron chi connectivity index (χ3n) is 0.678. The Morgan fingerprint density at radius 1 is 1.50 bits per heavy atom. The van der Waals surface area contributed by atoms with E-state index in [4.69, 9.17) is 10.5 Å². The van der Waals surface area contributed by atoms with Crippen LogP contribution < -0.4 is 5.73 Å². The van der Waals surface area contributed by atoms with Gasteiger partial charge in [-0.2, -0.15) is 0 Å². The van der Waals surface area contributed by atoms with Crippen LogP contribution in [0.25, 0.3) is 0 Å². The summed E-state index contributed by atoms with van der Waals surface area (Å²) in [5, 5.41) is 0. The maximum atomic E-state index is 5.60. The summed E-state index contributed by atoms with van der Waals surface area (Å²) in [7, 11) is 0. The molecule has 0 fully saturated rings. The van der Waals surface area contributed by atoms with Gasteiger partial charge in [0.25, 0.3) is 0 Å². The normalized spacial score (nSPS) is 12.0. The van der Waals surface area contributed by atoms with Crippen LogP contribution in [0.3, 0.4) is 0 Å². The van der Waals surface area contributed by atoms with Gasteiger partial charge in [-0.25, -0.2) is 0 Å². The molecule has 0 spiro atoms. The summed E-state index contributed by atoms with van der Waals surface area (Å²) >= 11 is 0. The van der Waals surface area contributed by atoms with Gasteiger partial charge in [0.2, 0.25) is 0 Å². The highest BCUT2D eigenvalue weighted by atomic mass is 16.5. The minimum Gasteiger partial charge on any atom is -0.380 e. The van der Waals surface area contributed by atoms with Gasteiger partial charge in [-0.05, 0) is 20.8 Å². The second-order valence-corrected chi connectivity index (χ2v) is 2.63. The lowest BCUT2D eigenvalue weighted by atomic mass is 10.1. The maximum Gasteiger partial charge on any atom is 0.0640 e. The zero-order chi connectivity index (χ0) is 6.62. The number of nitrogens with two attached hydrogens (primary N) is 1. The molecule has 0 aromatic carbocycles. The lowest BCUT2D eigenvalue weighted by Gasteiger charge is -2.16. The highest BCUT2D eigenvalue weighted by Gasteiger charge is 2.08.